The first-order valence-corrected chi connectivity index (χ1v) is 6.42. The van der Waals surface area contributed by atoms with E-state index in [4.69, 9.17) is 5.73 Å². The largest absolute Gasteiger partial charge is 0.329 e. The van der Waals surface area contributed by atoms with Crippen LogP contribution in [0, 0.1) is 6.92 Å². The molecule has 0 aromatic carbocycles. The van der Waals surface area contributed by atoms with Crippen LogP contribution >= 0.6 is 0 Å². The van der Waals surface area contributed by atoms with Gasteiger partial charge in [-0.1, -0.05) is 6.07 Å². The van der Waals surface area contributed by atoms with E-state index in [0.29, 0.717) is 6.54 Å². The summed E-state index contributed by atoms with van der Waals surface area (Å²) in [6, 6.07) is 6.12. The van der Waals surface area contributed by atoms with Crippen LogP contribution in [0.2, 0.25) is 0 Å². The molecule has 0 saturated heterocycles. The van der Waals surface area contributed by atoms with Crippen molar-refractivity contribution < 1.29 is 0 Å². The lowest BCUT2D eigenvalue weighted by Gasteiger charge is -2.26. The van der Waals surface area contributed by atoms with Gasteiger partial charge in [0.15, 0.2) is 0 Å². The summed E-state index contributed by atoms with van der Waals surface area (Å²) in [4.78, 5) is 6.57. The molecule has 1 unspecified atom stereocenters. The Labute approximate surface area is 114 Å². The Kier molecular flexibility index (Phi) is 4.29. The first-order chi connectivity index (χ1) is 9.11. The smallest absolute Gasteiger partial charge is 0.0641 e. The van der Waals surface area contributed by atoms with Gasteiger partial charge in [-0.2, -0.15) is 5.10 Å². The van der Waals surface area contributed by atoms with Gasteiger partial charge in [-0.25, -0.2) is 0 Å². The summed E-state index contributed by atoms with van der Waals surface area (Å²) < 4.78 is 1.84. The van der Waals surface area contributed by atoms with Crippen molar-refractivity contribution in [3.05, 3.63) is 47.5 Å². The van der Waals surface area contributed by atoms with Crippen LogP contribution in [-0.2, 0) is 13.6 Å². The van der Waals surface area contributed by atoms with E-state index < -0.39 is 0 Å². The maximum Gasteiger partial charge on any atom is 0.0641 e. The lowest BCUT2D eigenvalue weighted by atomic mass is 10.1. The number of rotatable bonds is 5. The standard InChI is InChI=1S/C14H21N5/c1-11-13(10-19(3)17-11)14(8-15)18(2)9-12-6-4-5-7-16-12/h4-7,10,14H,8-9,15H2,1-3H3. The summed E-state index contributed by atoms with van der Waals surface area (Å²) in [6.45, 7) is 3.36. The number of nitrogens with zero attached hydrogens (tertiary/aromatic N) is 4. The molecule has 0 fully saturated rings. The average Bonchev–Trinajstić information content (AvgIpc) is 2.71. The Bertz CT molecular complexity index is 520. The van der Waals surface area contributed by atoms with E-state index in [2.05, 4.69) is 22.0 Å². The molecule has 2 aromatic heterocycles. The molecule has 0 amide bonds. The lowest BCUT2D eigenvalue weighted by Crippen LogP contribution is -2.30. The van der Waals surface area contributed by atoms with E-state index in [1.165, 1.54) is 5.56 Å². The zero-order chi connectivity index (χ0) is 13.8. The van der Waals surface area contributed by atoms with Gasteiger partial charge < -0.3 is 5.73 Å². The van der Waals surface area contributed by atoms with Gasteiger partial charge in [0.2, 0.25) is 0 Å². The number of likely N-dealkylation sites (N-methyl/N-ethyl adjacent to an activating group) is 1. The van der Waals surface area contributed by atoms with Crippen molar-refractivity contribution in [1.82, 2.24) is 19.7 Å². The minimum absolute atomic E-state index is 0.163. The molecular formula is C14H21N5. The van der Waals surface area contributed by atoms with Crippen molar-refractivity contribution in [3.8, 4) is 0 Å². The van der Waals surface area contributed by atoms with Gasteiger partial charge in [0, 0.05) is 38.1 Å². The third kappa shape index (κ3) is 3.19. The molecule has 2 rings (SSSR count). The Morgan fingerprint density at radius 1 is 1.42 bits per heavy atom. The zero-order valence-corrected chi connectivity index (χ0v) is 11.7. The van der Waals surface area contributed by atoms with Crippen molar-refractivity contribution in [2.24, 2.45) is 12.8 Å². The van der Waals surface area contributed by atoms with Crippen LogP contribution in [-0.4, -0.2) is 33.3 Å². The van der Waals surface area contributed by atoms with Crippen molar-refractivity contribution in [2.45, 2.75) is 19.5 Å². The normalized spacial score (nSPS) is 12.9. The van der Waals surface area contributed by atoms with Gasteiger partial charge >= 0.3 is 0 Å². The minimum atomic E-state index is 0.163. The number of pyridine rings is 1. The number of hydrogen-bond acceptors (Lipinski definition) is 4. The Morgan fingerprint density at radius 2 is 2.21 bits per heavy atom. The lowest BCUT2D eigenvalue weighted by molar-refractivity contribution is 0.238. The molecular weight excluding hydrogens is 238 g/mol. The molecule has 0 spiro atoms. The summed E-state index contributed by atoms with van der Waals surface area (Å²) in [5.74, 6) is 0. The highest BCUT2D eigenvalue weighted by molar-refractivity contribution is 5.21. The van der Waals surface area contributed by atoms with Crippen LogP contribution in [0.3, 0.4) is 0 Å². The van der Waals surface area contributed by atoms with Crippen molar-refractivity contribution in [2.75, 3.05) is 13.6 Å². The first kappa shape index (κ1) is 13.7. The second-order valence-corrected chi connectivity index (χ2v) is 4.83. The van der Waals surface area contributed by atoms with E-state index >= 15 is 0 Å². The maximum atomic E-state index is 5.94. The summed E-state index contributed by atoms with van der Waals surface area (Å²) in [5, 5.41) is 4.39. The molecule has 0 radical (unpaired) electrons. The molecule has 0 aliphatic rings. The van der Waals surface area contributed by atoms with Gasteiger partial charge in [-0.05, 0) is 26.1 Å². The van der Waals surface area contributed by atoms with Gasteiger partial charge in [-0.15, -0.1) is 0 Å². The Balaban J connectivity index is 2.15. The fourth-order valence-corrected chi connectivity index (χ4v) is 2.35. The highest BCUT2D eigenvalue weighted by atomic mass is 15.3. The molecule has 0 aliphatic heterocycles. The summed E-state index contributed by atoms with van der Waals surface area (Å²) in [6.07, 6.45) is 3.86. The van der Waals surface area contributed by atoms with Crippen LogP contribution in [0.25, 0.3) is 0 Å². The highest BCUT2D eigenvalue weighted by Gasteiger charge is 2.20. The molecule has 102 valence electrons. The Hall–Kier alpha value is -1.72. The zero-order valence-electron chi connectivity index (χ0n) is 11.7. The third-order valence-electron chi connectivity index (χ3n) is 3.30. The fraction of sp³-hybridized carbons (Fsp3) is 0.429. The van der Waals surface area contributed by atoms with E-state index in [-0.39, 0.29) is 6.04 Å². The molecule has 2 N–H and O–H groups in total. The maximum absolute atomic E-state index is 5.94. The number of nitrogens with two attached hydrogens (primary N) is 1. The van der Waals surface area contributed by atoms with Gasteiger partial charge in [0.25, 0.3) is 0 Å². The summed E-state index contributed by atoms with van der Waals surface area (Å²) in [5.41, 5.74) is 9.20. The number of aromatic nitrogens is 3. The summed E-state index contributed by atoms with van der Waals surface area (Å²) >= 11 is 0. The van der Waals surface area contributed by atoms with Crippen LogP contribution in [0.4, 0.5) is 0 Å². The highest BCUT2D eigenvalue weighted by Crippen LogP contribution is 2.22. The van der Waals surface area contributed by atoms with Crippen molar-refractivity contribution >= 4 is 0 Å². The Morgan fingerprint density at radius 3 is 2.74 bits per heavy atom. The van der Waals surface area contributed by atoms with Crippen LogP contribution in [0.1, 0.15) is 23.0 Å². The van der Waals surface area contributed by atoms with E-state index in [0.717, 1.165) is 17.9 Å². The third-order valence-corrected chi connectivity index (χ3v) is 3.30. The van der Waals surface area contributed by atoms with Gasteiger partial charge in [0.1, 0.15) is 0 Å². The monoisotopic (exact) mass is 259 g/mol. The first-order valence-electron chi connectivity index (χ1n) is 6.42. The second-order valence-electron chi connectivity index (χ2n) is 4.83. The molecule has 2 aromatic rings. The molecule has 0 aliphatic carbocycles. The van der Waals surface area contributed by atoms with Crippen LogP contribution < -0.4 is 5.73 Å². The van der Waals surface area contributed by atoms with E-state index in [9.17, 15) is 0 Å². The number of aryl methyl sites for hydroxylation is 2. The predicted molar refractivity (Wildman–Crippen MR) is 75.4 cm³/mol. The molecule has 0 saturated carbocycles. The molecule has 19 heavy (non-hydrogen) atoms. The fourth-order valence-electron chi connectivity index (χ4n) is 2.35. The average molecular weight is 259 g/mol. The van der Waals surface area contributed by atoms with E-state index in [1.54, 1.807) is 0 Å². The van der Waals surface area contributed by atoms with Crippen molar-refractivity contribution in [3.63, 3.8) is 0 Å². The van der Waals surface area contributed by atoms with Crippen LogP contribution in [0.15, 0.2) is 30.6 Å². The van der Waals surface area contributed by atoms with Crippen molar-refractivity contribution in [1.29, 1.82) is 0 Å². The minimum Gasteiger partial charge on any atom is -0.329 e. The van der Waals surface area contributed by atoms with Gasteiger partial charge in [0.05, 0.1) is 17.4 Å². The number of hydrogen-bond donors (Lipinski definition) is 1. The molecule has 1 atom stereocenters. The van der Waals surface area contributed by atoms with Crippen LogP contribution in [0.5, 0.6) is 0 Å². The molecule has 2 heterocycles. The second kappa shape index (κ2) is 5.95. The molecule has 5 heteroatoms. The van der Waals surface area contributed by atoms with E-state index in [1.807, 2.05) is 49.2 Å². The SMILES string of the molecule is Cc1nn(C)cc1C(CN)N(C)Cc1ccccn1. The molecule has 5 nitrogen and oxygen atoms in total. The summed E-state index contributed by atoms with van der Waals surface area (Å²) in [7, 11) is 4.00. The quantitative estimate of drug-likeness (QED) is 0.878. The molecule has 0 bridgehead atoms. The van der Waals surface area contributed by atoms with Gasteiger partial charge in [-0.3, -0.25) is 14.6 Å². The predicted octanol–water partition coefficient (Wildman–Crippen LogP) is 1.26. The topological polar surface area (TPSA) is 60.0 Å².